The molecule has 23 heavy (non-hydrogen) atoms. The van der Waals surface area contributed by atoms with Gasteiger partial charge in [0.1, 0.15) is 10.9 Å². The Morgan fingerprint density at radius 1 is 1.22 bits per heavy atom. The molecule has 0 unspecified atom stereocenters. The number of allylic oxidation sites excluding steroid dienone is 1. The molecule has 2 heterocycles. The van der Waals surface area contributed by atoms with Gasteiger partial charge in [0, 0.05) is 11.6 Å². The third-order valence-electron chi connectivity index (χ3n) is 3.76. The van der Waals surface area contributed by atoms with Crippen molar-refractivity contribution in [2.75, 3.05) is 0 Å². The molecule has 1 aromatic carbocycles. The van der Waals surface area contributed by atoms with Gasteiger partial charge in [-0.15, -0.1) is 11.3 Å². The number of nitrogens with zero attached hydrogens (tertiary/aromatic N) is 1. The molecule has 5 heteroatoms. The van der Waals surface area contributed by atoms with Crippen molar-refractivity contribution < 1.29 is 4.79 Å². The minimum Gasteiger partial charge on any atom is -0.297 e. The van der Waals surface area contributed by atoms with E-state index < -0.39 is 5.92 Å². The van der Waals surface area contributed by atoms with E-state index in [0.29, 0.717) is 15.0 Å². The van der Waals surface area contributed by atoms with Gasteiger partial charge >= 0.3 is 0 Å². The van der Waals surface area contributed by atoms with Crippen LogP contribution in [0.5, 0.6) is 0 Å². The van der Waals surface area contributed by atoms with E-state index in [1.54, 1.807) is 6.20 Å². The first-order chi connectivity index (χ1) is 10.9. The molecule has 0 aliphatic carbocycles. The third-order valence-corrected chi connectivity index (χ3v) is 5.59. The largest absolute Gasteiger partial charge is 0.297 e. The first kappa shape index (κ1) is 16.1. The number of Topliss-reactive ketones (excluding diaryl/α,β-unsaturated/α-hetero) is 1. The van der Waals surface area contributed by atoms with Crippen LogP contribution in [0.1, 0.15) is 42.8 Å². The zero-order chi connectivity index (χ0) is 16.6. The molecule has 0 spiro atoms. The van der Waals surface area contributed by atoms with Crippen molar-refractivity contribution in [3.8, 4) is 0 Å². The minimum atomic E-state index is -0.514. The summed E-state index contributed by atoms with van der Waals surface area (Å²) in [7, 11) is 0. The fourth-order valence-corrected chi connectivity index (χ4v) is 4.23. The molecule has 1 aliphatic rings. The summed E-state index contributed by atoms with van der Waals surface area (Å²) in [5.74, 6) is -0.532. The molecular weight excluding hydrogens is 324 g/mol. The predicted molar refractivity (Wildman–Crippen MR) is 98.3 cm³/mol. The van der Waals surface area contributed by atoms with Gasteiger partial charge in [-0.25, -0.2) is 4.98 Å². The van der Waals surface area contributed by atoms with Gasteiger partial charge in [-0.2, -0.15) is 0 Å². The van der Waals surface area contributed by atoms with Crippen molar-refractivity contribution in [3.05, 3.63) is 56.9 Å². The zero-order valence-corrected chi connectivity index (χ0v) is 14.9. The number of benzene rings is 1. The molecular formula is C18H18N2OS2. The Morgan fingerprint density at radius 2 is 1.91 bits per heavy atom. The standard InChI is InChI=1S/C18H18N2OS2/c1-18(2,3)12-6-4-11(5-7-12)10-13-15(21)14(16(19)23-13)17-20-8-9-22-17/h4-10,14,19H,1-3H3/b13-10-,19-16?/t14-/m1/s1. The van der Waals surface area contributed by atoms with Gasteiger partial charge in [0.25, 0.3) is 0 Å². The number of thioether (sulfide) groups is 1. The minimum absolute atomic E-state index is 0.0187. The van der Waals surface area contributed by atoms with E-state index in [1.807, 2.05) is 23.6 Å². The Labute approximate surface area is 144 Å². The van der Waals surface area contributed by atoms with Gasteiger partial charge < -0.3 is 0 Å². The van der Waals surface area contributed by atoms with Gasteiger partial charge in [0.05, 0.1) is 9.95 Å². The maximum absolute atomic E-state index is 12.6. The smallest absolute Gasteiger partial charge is 0.186 e. The summed E-state index contributed by atoms with van der Waals surface area (Å²) in [5.41, 5.74) is 2.36. The highest BCUT2D eigenvalue weighted by atomic mass is 32.2. The Balaban J connectivity index is 1.86. The van der Waals surface area contributed by atoms with Gasteiger partial charge in [0.15, 0.2) is 5.78 Å². The molecule has 0 radical (unpaired) electrons. The van der Waals surface area contributed by atoms with Crippen LogP contribution >= 0.6 is 23.1 Å². The van der Waals surface area contributed by atoms with E-state index in [-0.39, 0.29) is 11.2 Å². The fraction of sp³-hybridized carbons (Fsp3) is 0.278. The van der Waals surface area contributed by atoms with Crippen LogP contribution in [0, 0.1) is 5.41 Å². The lowest BCUT2D eigenvalue weighted by molar-refractivity contribution is -0.114. The van der Waals surface area contributed by atoms with Crippen molar-refractivity contribution in [2.24, 2.45) is 0 Å². The summed E-state index contributed by atoms with van der Waals surface area (Å²) < 4.78 is 0. The maximum Gasteiger partial charge on any atom is 0.186 e. The average molecular weight is 342 g/mol. The number of hydrogen-bond acceptors (Lipinski definition) is 5. The van der Waals surface area contributed by atoms with Crippen LogP contribution in [-0.2, 0) is 10.2 Å². The van der Waals surface area contributed by atoms with Crippen LogP contribution in [-0.4, -0.2) is 15.8 Å². The normalized spacial score (nSPS) is 20.5. The number of rotatable bonds is 2. The van der Waals surface area contributed by atoms with Crippen molar-refractivity contribution in [3.63, 3.8) is 0 Å². The van der Waals surface area contributed by atoms with Gasteiger partial charge in [0.2, 0.25) is 0 Å². The van der Waals surface area contributed by atoms with E-state index in [2.05, 4.69) is 37.9 Å². The lowest BCUT2D eigenvalue weighted by atomic mass is 9.86. The molecule has 1 atom stereocenters. The van der Waals surface area contributed by atoms with Crippen LogP contribution in [0.15, 0.2) is 40.7 Å². The first-order valence-corrected chi connectivity index (χ1v) is 9.08. The van der Waals surface area contributed by atoms with Crippen LogP contribution in [0.3, 0.4) is 0 Å². The van der Waals surface area contributed by atoms with E-state index >= 15 is 0 Å². The second-order valence-electron chi connectivity index (χ2n) is 6.51. The zero-order valence-electron chi connectivity index (χ0n) is 13.3. The quantitative estimate of drug-likeness (QED) is 0.793. The molecule has 0 amide bonds. The molecule has 3 rings (SSSR count). The second kappa shape index (κ2) is 6.06. The Kier molecular flexibility index (Phi) is 4.25. The Bertz CT molecular complexity index is 768. The lowest BCUT2D eigenvalue weighted by Gasteiger charge is -2.18. The number of hydrogen-bond donors (Lipinski definition) is 1. The van der Waals surface area contributed by atoms with Crippen LogP contribution in [0.4, 0.5) is 0 Å². The first-order valence-electron chi connectivity index (χ1n) is 7.38. The van der Waals surface area contributed by atoms with Gasteiger partial charge in [-0.1, -0.05) is 56.8 Å². The summed E-state index contributed by atoms with van der Waals surface area (Å²) in [4.78, 5) is 17.4. The highest BCUT2D eigenvalue weighted by Gasteiger charge is 2.38. The Morgan fingerprint density at radius 3 is 2.48 bits per heavy atom. The molecule has 1 fully saturated rings. The monoisotopic (exact) mass is 342 g/mol. The van der Waals surface area contributed by atoms with Crippen LogP contribution in [0.2, 0.25) is 0 Å². The fourth-order valence-electron chi connectivity index (χ4n) is 2.42. The van der Waals surface area contributed by atoms with Crippen molar-refractivity contribution >= 4 is 40.0 Å². The summed E-state index contributed by atoms with van der Waals surface area (Å²) in [6.45, 7) is 6.53. The molecule has 1 aromatic heterocycles. The SMILES string of the molecule is CC(C)(C)c1ccc(/C=C2\SC(=N)[C@H](c3nccs3)C2=O)cc1. The molecule has 0 bridgehead atoms. The predicted octanol–water partition coefficient (Wildman–Crippen LogP) is 4.86. The molecule has 1 aliphatic heterocycles. The molecule has 0 saturated carbocycles. The second-order valence-corrected chi connectivity index (χ2v) is 8.52. The highest BCUT2D eigenvalue weighted by Crippen LogP contribution is 2.41. The van der Waals surface area contributed by atoms with Crippen molar-refractivity contribution in [2.45, 2.75) is 32.1 Å². The van der Waals surface area contributed by atoms with E-state index in [4.69, 9.17) is 5.41 Å². The number of carbonyl (C=O) groups is 1. The van der Waals surface area contributed by atoms with Crippen LogP contribution < -0.4 is 0 Å². The number of carbonyl (C=O) groups excluding carboxylic acids is 1. The average Bonchev–Trinajstić information content (AvgIpc) is 3.08. The molecule has 1 N–H and O–H groups in total. The van der Waals surface area contributed by atoms with Crippen molar-refractivity contribution in [1.82, 2.24) is 4.98 Å². The van der Waals surface area contributed by atoms with E-state index in [1.165, 1.54) is 28.7 Å². The Hall–Kier alpha value is -1.72. The van der Waals surface area contributed by atoms with Gasteiger partial charge in [-0.3, -0.25) is 10.2 Å². The lowest BCUT2D eigenvalue weighted by Crippen LogP contribution is -2.11. The molecule has 1 saturated heterocycles. The van der Waals surface area contributed by atoms with Crippen LogP contribution in [0.25, 0.3) is 6.08 Å². The number of aromatic nitrogens is 1. The topological polar surface area (TPSA) is 53.8 Å². The summed E-state index contributed by atoms with van der Waals surface area (Å²) in [6.07, 6.45) is 3.56. The van der Waals surface area contributed by atoms with Gasteiger partial charge in [-0.05, 0) is 22.6 Å². The molecule has 3 nitrogen and oxygen atoms in total. The van der Waals surface area contributed by atoms with Crippen molar-refractivity contribution in [1.29, 1.82) is 5.41 Å². The number of thiazole rings is 1. The maximum atomic E-state index is 12.6. The molecule has 118 valence electrons. The molecule has 2 aromatic rings. The summed E-state index contributed by atoms with van der Waals surface area (Å²) in [5, 5.41) is 11.0. The van der Waals surface area contributed by atoms with E-state index in [9.17, 15) is 4.79 Å². The third kappa shape index (κ3) is 3.31. The summed E-state index contributed by atoms with van der Waals surface area (Å²) in [6, 6.07) is 8.25. The number of ketones is 1. The number of nitrogens with one attached hydrogen (secondary N) is 1. The van der Waals surface area contributed by atoms with E-state index in [0.717, 1.165) is 5.56 Å². The summed E-state index contributed by atoms with van der Waals surface area (Å²) >= 11 is 2.67. The highest BCUT2D eigenvalue weighted by molar-refractivity contribution is 8.19.